The maximum Gasteiger partial charge on any atom is 0.306 e. The van der Waals surface area contributed by atoms with Gasteiger partial charge in [-0.05, 0) is 51.4 Å². The van der Waals surface area contributed by atoms with Crippen LogP contribution < -0.4 is 0 Å². The van der Waals surface area contributed by atoms with E-state index in [-0.39, 0.29) is 31.1 Å². The Kier molecular flexibility index (Phi) is 44.9. The van der Waals surface area contributed by atoms with Crippen LogP contribution in [0.3, 0.4) is 0 Å². The Hall–Kier alpha value is -2.11. The summed E-state index contributed by atoms with van der Waals surface area (Å²) in [7, 11) is 0. The van der Waals surface area contributed by atoms with Gasteiger partial charge in [-0.3, -0.25) is 14.4 Å². The molecule has 0 amide bonds. The molecule has 6 nitrogen and oxygen atoms in total. The van der Waals surface area contributed by atoms with Gasteiger partial charge in [0, 0.05) is 19.3 Å². The second kappa shape index (κ2) is 46.6. The molecule has 0 aliphatic carbocycles. The molecule has 0 rings (SSSR count). The Morgan fingerprint density at radius 3 is 0.965 bits per heavy atom. The van der Waals surface area contributed by atoms with Crippen LogP contribution in [0.25, 0.3) is 0 Å². The molecule has 0 N–H and O–H groups in total. The topological polar surface area (TPSA) is 78.9 Å². The highest BCUT2D eigenvalue weighted by Gasteiger charge is 2.19. The van der Waals surface area contributed by atoms with Gasteiger partial charge in [-0.15, -0.1) is 0 Å². The zero-order valence-electron chi connectivity index (χ0n) is 38.1. The molecule has 0 saturated carbocycles. The molecular formula is C51H94O6. The smallest absolute Gasteiger partial charge is 0.306 e. The van der Waals surface area contributed by atoms with Crippen molar-refractivity contribution in [2.45, 2.75) is 271 Å². The van der Waals surface area contributed by atoms with Crippen LogP contribution in [-0.4, -0.2) is 37.2 Å². The van der Waals surface area contributed by atoms with Crippen molar-refractivity contribution >= 4 is 17.9 Å². The minimum absolute atomic E-state index is 0.0684. The maximum atomic E-state index is 12.6. The van der Waals surface area contributed by atoms with Gasteiger partial charge in [-0.25, -0.2) is 0 Å². The summed E-state index contributed by atoms with van der Waals surface area (Å²) in [4.78, 5) is 37.6. The highest BCUT2D eigenvalue weighted by Crippen LogP contribution is 2.15. The number of allylic oxidation sites excluding steroid dienone is 4. The number of hydrogen-bond acceptors (Lipinski definition) is 6. The molecule has 6 heteroatoms. The van der Waals surface area contributed by atoms with E-state index in [9.17, 15) is 14.4 Å². The molecule has 0 spiro atoms. The van der Waals surface area contributed by atoms with Gasteiger partial charge < -0.3 is 14.2 Å². The molecule has 0 aliphatic rings. The third-order valence-corrected chi connectivity index (χ3v) is 11.0. The van der Waals surface area contributed by atoms with Crippen molar-refractivity contribution < 1.29 is 28.6 Å². The average molecular weight is 803 g/mol. The van der Waals surface area contributed by atoms with Crippen LogP contribution >= 0.6 is 0 Å². The van der Waals surface area contributed by atoms with E-state index in [1.807, 2.05) is 0 Å². The van der Waals surface area contributed by atoms with Gasteiger partial charge >= 0.3 is 17.9 Å². The lowest BCUT2D eigenvalue weighted by Crippen LogP contribution is -2.30. The van der Waals surface area contributed by atoms with Crippen molar-refractivity contribution in [3.05, 3.63) is 24.3 Å². The Balaban J connectivity index is 4.09. The second-order valence-corrected chi connectivity index (χ2v) is 16.7. The summed E-state index contributed by atoms with van der Waals surface area (Å²) >= 11 is 0. The van der Waals surface area contributed by atoms with Crippen LogP contribution in [0.2, 0.25) is 0 Å². The summed E-state index contributed by atoms with van der Waals surface area (Å²) in [5, 5.41) is 0. The van der Waals surface area contributed by atoms with Crippen LogP contribution in [0, 0.1) is 0 Å². The third-order valence-electron chi connectivity index (χ3n) is 11.0. The zero-order chi connectivity index (χ0) is 41.5. The van der Waals surface area contributed by atoms with Gasteiger partial charge in [0.2, 0.25) is 0 Å². The lowest BCUT2D eigenvalue weighted by Gasteiger charge is -2.18. The number of unbranched alkanes of at least 4 members (excludes halogenated alkanes) is 30. The van der Waals surface area contributed by atoms with Crippen molar-refractivity contribution in [1.29, 1.82) is 0 Å². The fourth-order valence-corrected chi connectivity index (χ4v) is 7.18. The van der Waals surface area contributed by atoms with E-state index in [0.29, 0.717) is 19.3 Å². The van der Waals surface area contributed by atoms with Crippen molar-refractivity contribution in [2.24, 2.45) is 0 Å². The molecular weight excluding hydrogens is 709 g/mol. The summed E-state index contributed by atoms with van der Waals surface area (Å²) in [6, 6.07) is 0. The number of ether oxygens (including phenoxy) is 3. The average Bonchev–Trinajstić information content (AvgIpc) is 3.21. The quantitative estimate of drug-likeness (QED) is 0.0264. The van der Waals surface area contributed by atoms with E-state index >= 15 is 0 Å². The molecule has 334 valence electrons. The molecule has 1 unspecified atom stereocenters. The number of esters is 3. The highest BCUT2D eigenvalue weighted by atomic mass is 16.6. The molecule has 0 radical (unpaired) electrons. The van der Waals surface area contributed by atoms with Crippen molar-refractivity contribution in [3.63, 3.8) is 0 Å². The lowest BCUT2D eigenvalue weighted by atomic mass is 10.0. The molecule has 1 atom stereocenters. The predicted octanol–water partition coefficient (Wildman–Crippen LogP) is 16.0. The third kappa shape index (κ3) is 44.8. The van der Waals surface area contributed by atoms with E-state index in [2.05, 4.69) is 45.1 Å². The second-order valence-electron chi connectivity index (χ2n) is 16.7. The molecule has 0 aromatic heterocycles. The minimum atomic E-state index is -0.762. The van der Waals surface area contributed by atoms with Gasteiger partial charge in [-0.2, -0.15) is 0 Å². The molecule has 0 aromatic rings. The fraction of sp³-hybridized carbons (Fsp3) is 0.863. The van der Waals surface area contributed by atoms with E-state index in [1.165, 1.54) is 161 Å². The molecule has 0 heterocycles. The van der Waals surface area contributed by atoms with E-state index < -0.39 is 6.10 Å². The molecule has 0 saturated heterocycles. The summed E-state index contributed by atoms with van der Waals surface area (Å²) in [5.41, 5.74) is 0. The standard InChI is InChI=1S/C51H94O6/c1-4-7-10-13-16-19-20-21-22-23-24-25-26-27-28-29-30-31-32-33-36-38-41-44-50(53)56-47-48(57-51(54)45-42-39-35-18-15-12-9-6-3)46-55-49(52)43-40-37-34-17-14-11-8-5-2/h20-21,23-24,48H,4-19,22,25-47H2,1-3H3/b21-20-,24-23-. The number of hydrogen-bond donors (Lipinski definition) is 0. The Morgan fingerprint density at radius 1 is 0.351 bits per heavy atom. The molecule has 0 fully saturated rings. The monoisotopic (exact) mass is 803 g/mol. The largest absolute Gasteiger partial charge is 0.462 e. The van der Waals surface area contributed by atoms with Gasteiger partial charge in [0.1, 0.15) is 13.2 Å². The SMILES string of the molecule is CCCCCCC/C=C\C/C=C\CCCCCCCCCCCCCC(=O)OCC(COC(=O)CCCCCCCCCC)OC(=O)CCCCCCCCCC. The van der Waals surface area contributed by atoms with E-state index in [4.69, 9.17) is 14.2 Å². The van der Waals surface area contributed by atoms with Crippen LogP contribution in [-0.2, 0) is 28.6 Å². The predicted molar refractivity (Wildman–Crippen MR) is 243 cm³/mol. The molecule has 0 aliphatic heterocycles. The summed E-state index contributed by atoms with van der Waals surface area (Å²) < 4.78 is 16.7. The zero-order valence-corrected chi connectivity index (χ0v) is 38.1. The number of carbonyl (C=O) groups is 3. The highest BCUT2D eigenvalue weighted by molar-refractivity contribution is 5.71. The first-order valence-corrected chi connectivity index (χ1v) is 24.8. The maximum absolute atomic E-state index is 12.6. The molecule has 0 aromatic carbocycles. The van der Waals surface area contributed by atoms with Crippen LogP contribution in [0.1, 0.15) is 265 Å². The first-order valence-electron chi connectivity index (χ1n) is 24.8. The first-order chi connectivity index (χ1) is 28.0. The Bertz CT molecular complexity index is 927. The Labute approximate surface area is 353 Å². The van der Waals surface area contributed by atoms with Gasteiger partial charge in [0.25, 0.3) is 0 Å². The van der Waals surface area contributed by atoms with Gasteiger partial charge in [0.15, 0.2) is 6.10 Å². The van der Waals surface area contributed by atoms with Crippen molar-refractivity contribution in [2.75, 3.05) is 13.2 Å². The van der Waals surface area contributed by atoms with Crippen molar-refractivity contribution in [3.8, 4) is 0 Å². The van der Waals surface area contributed by atoms with Gasteiger partial charge in [-0.1, -0.05) is 218 Å². The normalized spacial score (nSPS) is 12.1. The van der Waals surface area contributed by atoms with Crippen LogP contribution in [0.15, 0.2) is 24.3 Å². The number of carbonyl (C=O) groups excluding carboxylic acids is 3. The minimum Gasteiger partial charge on any atom is -0.462 e. The Morgan fingerprint density at radius 2 is 0.632 bits per heavy atom. The fourth-order valence-electron chi connectivity index (χ4n) is 7.18. The number of rotatable bonds is 45. The summed E-state index contributed by atoms with van der Waals surface area (Å²) in [6.45, 7) is 6.58. The van der Waals surface area contributed by atoms with E-state index in [0.717, 1.165) is 64.2 Å². The molecule has 57 heavy (non-hydrogen) atoms. The summed E-state index contributed by atoms with van der Waals surface area (Å²) in [5.74, 6) is -0.871. The van der Waals surface area contributed by atoms with Crippen molar-refractivity contribution in [1.82, 2.24) is 0 Å². The lowest BCUT2D eigenvalue weighted by molar-refractivity contribution is -0.167. The van der Waals surface area contributed by atoms with Crippen LogP contribution in [0.5, 0.6) is 0 Å². The first kappa shape index (κ1) is 54.9. The van der Waals surface area contributed by atoms with E-state index in [1.54, 1.807) is 0 Å². The van der Waals surface area contributed by atoms with Gasteiger partial charge in [0.05, 0.1) is 0 Å². The summed E-state index contributed by atoms with van der Waals surface area (Å²) in [6.07, 6.45) is 51.9. The molecule has 0 bridgehead atoms. The van der Waals surface area contributed by atoms with Crippen LogP contribution in [0.4, 0.5) is 0 Å².